The largest absolute Gasteiger partial charge is 0.303 e. The highest BCUT2D eigenvalue weighted by Crippen LogP contribution is 1.96. The van der Waals surface area contributed by atoms with Gasteiger partial charge in [-0.3, -0.25) is 21.5 Å². The molecule has 0 rings (SSSR count). The molecule has 0 bridgehead atoms. The van der Waals surface area contributed by atoms with Crippen LogP contribution in [0.15, 0.2) is 0 Å². The van der Waals surface area contributed by atoms with Crippen LogP contribution in [0.5, 0.6) is 0 Å². The van der Waals surface area contributed by atoms with Crippen molar-refractivity contribution >= 4 is 12.2 Å². The highest BCUT2D eigenvalue weighted by atomic mass is 16.2. The third kappa shape index (κ3) is 18.2. The van der Waals surface area contributed by atoms with Gasteiger partial charge in [-0.2, -0.15) is 0 Å². The summed E-state index contributed by atoms with van der Waals surface area (Å²) in [5.41, 5.74) is 4.26. The summed E-state index contributed by atoms with van der Waals surface area (Å²) in [4.78, 5) is 20.2. The second kappa shape index (κ2) is 13.6. The molecule has 1 amide bonds. The summed E-state index contributed by atoms with van der Waals surface area (Å²) < 4.78 is 0. The van der Waals surface area contributed by atoms with Crippen molar-refractivity contribution in [3.05, 3.63) is 0 Å². The van der Waals surface area contributed by atoms with Gasteiger partial charge in [-0.25, -0.2) is 5.84 Å². The number of amides is 1. The number of unbranched alkanes of at least 4 members (excludes halogenated alkanes) is 2. The van der Waals surface area contributed by atoms with Crippen LogP contribution in [0, 0.1) is 0 Å². The number of nitrogens with one attached hydrogen (secondary N) is 2. The Morgan fingerprint density at radius 2 is 1.92 bits per heavy atom. The van der Waals surface area contributed by atoms with Crippen molar-refractivity contribution in [1.82, 2.24) is 10.9 Å². The number of nitrogens with two attached hydrogens (primary N) is 2. The Kier molecular flexibility index (Phi) is 15.2. The van der Waals surface area contributed by atoms with Crippen molar-refractivity contribution in [2.75, 3.05) is 7.05 Å². The standard InChI is InChI=1S/C6H12N2O2.CH6N2/c7-8-6(10)4-2-1-3-5-9;1-3-2/h5H,1-4,7H2,(H,8,10);3H,2H2,1H3. The van der Waals surface area contributed by atoms with Gasteiger partial charge >= 0.3 is 0 Å². The molecule has 0 unspecified atom stereocenters. The molecule has 0 atom stereocenters. The lowest BCUT2D eigenvalue weighted by atomic mass is 10.2. The topological polar surface area (TPSA) is 110 Å². The molecule has 0 heterocycles. The van der Waals surface area contributed by atoms with Crippen LogP contribution in [-0.4, -0.2) is 19.2 Å². The van der Waals surface area contributed by atoms with Crippen LogP contribution in [0.4, 0.5) is 0 Å². The average molecular weight is 190 g/mol. The first kappa shape index (κ1) is 14.5. The summed E-state index contributed by atoms with van der Waals surface area (Å²) in [6.07, 6.45) is 3.27. The van der Waals surface area contributed by atoms with E-state index in [2.05, 4.69) is 11.3 Å². The molecule has 0 aromatic rings. The Morgan fingerprint density at radius 3 is 2.31 bits per heavy atom. The minimum atomic E-state index is -0.175. The van der Waals surface area contributed by atoms with Crippen molar-refractivity contribution in [1.29, 1.82) is 0 Å². The van der Waals surface area contributed by atoms with Gasteiger partial charge in [0.2, 0.25) is 5.91 Å². The van der Waals surface area contributed by atoms with E-state index in [1.54, 1.807) is 7.05 Å². The summed E-state index contributed by atoms with van der Waals surface area (Å²) in [6, 6.07) is 0. The van der Waals surface area contributed by atoms with Crippen molar-refractivity contribution in [2.45, 2.75) is 25.7 Å². The van der Waals surface area contributed by atoms with Gasteiger partial charge in [-0.1, -0.05) is 0 Å². The number of carbonyl (C=O) groups is 2. The molecular weight excluding hydrogens is 172 g/mol. The van der Waals surface area contributed by atoms with Crippen molar-refractivity contribution in [3.8, 4) is 0 Å². The lowest BCUT2D eigenvalue weighted by Gasteiger charge is -1.95. The van der Waals surface area contributed by atoms with E-state index in [0.29, 0.717) is 12.8 Å². The van der Waals surface area contributed by atoms with Crippen molar-refractivity contribution in [3.63, 3.8) is 0 Å². The Bertz CT molecular complexity index is 130. The molecule has 6 nitrogen and oxygen atoms in total. The van der Waals surface area contributed by atoms with Crippen LogP contribution >= 0.6 is 0 Å². The van der Waals surface area contributed by atoms with Crippen LogP contribution in [0.3, 0.4) is 0 Å². The SMILES string of the molecule is CNN.NNC(=O)CCCCC=O. The van der Waals surface area contributed by atoms with Gasteiger partial charge in [0.25, 0.3) is 0 Å². The molecule has 0 aromatic heterocycles. The van der Waals surface area contributed by atoms with E-state index in [1.807, 2.05) is 5.43 Å². The van der Waals surface area contributed by atoms with Gasteiger partial charge in [-0.15, -0.1) is 0 Å². The predicted octanol–water partition coefficient (Wildman–Crippen LogP) is -1.18. The molecular formula is C7H18N4O2. The van der Waals surface area contributed by atoms with Gasteiger partial charge in [0.1, 0.15) is 6.29 Å². The normalized spacial score (nSPS) is 8.23. The summed E-state index contributed by atoms with van der Waals surface area (Å²) in [5, 5.41) is 0. The van der Waals surface area contributed by atoms with E-state index in [1.165, 1.54) is 0 Å². The number of hydrogen-bond acceptors (Lipinski definition) is 5. The molecule has 0 radical (unpaired) electrons. The fourth-order valence-electron chi connectivity index (χ4n) is 0.585. The number of aldehydes is 1. The summed E-state index contributed by atoms with van der Waals surface area (Å²) >= 11 is 0. The van der Waals surface area contributed by atoms with Crippen molar-refractivity contribution < 1.29 is 9.59 Å². The van der Waals surface area contributed by atoms with E-state index < -0.39 is 0 Å². The van der Waals surface area contributed by atoms with Crippen LogP contribution < -0.4 is 22.5 Å². The minimum absolute atomic E-state index is 0.175. The molecule has 0 aliphatic carbocycles. The monoisotopic (exact) mass is 190 g/mol. The Balaban J connectivity index is 0. The maximum Gasteiger partial charge on any atom is 0.233 e. The van der Waals surface area contributed by atoms with Gasteiger partial charge in [0, 0.05) is 12.8 Å². The maximum absolute atomic E-state index is 10.5. The maximum atomic E-state index is 10.5. The Morgan fingerprint density at radius 1 is 1.38 bits per heavy atom. The summed E-state index contributed by atoms with van der Waals surface area (Å²) in [6.45, 7) is 0. The fraction of sp³-hybridized carbons (Fsp3) is 0.714. The van der Waals surface area contributed by atoms with Gasteiger partial charge < -0.3 is 4.79 Å². The van der Waals surface area contributed by atoms with Crippen LogP contribution in [-0.2, 0) is 9.59 Å². The number of hydrazine groups is 2. The molecule has 0 aromatic carbocycles. The fourth-order valence-corrected chi connectivity index (χ4v) is 0.585. The van der Waals surface area contributed by atoms with Gasteiger partial charge in [-0.05, 0) is 19.9 Å². The van der Waals surface area contributed by atoms with E-state index in [-0.39, 0.29) is 5.91 Å². The van der Waals surface area contributed by atoms with E-state index >= 15 is 0 Å². The van der Waals surface area contributed by atoms with Crippen LogP contribution in [0.1, 0.15) is 25.7 Å². The number of carbonyl (C=O) groups excluding carboxylic acids is 2. The lowest BCUT2D eigenvalue weighted by Crippen LogP contribution is -2.29. The van der Waals surface area contributed by atoms with Gasteiger partial charge in [0.15, 0.2) is 0 Å². The molecule has 0 spiro atoms. The second-order valence-corrected chi connectivity index (χ2v) is 2.27. The molecule has 13 heavy (non-hydrogen) atoms. The highest BCUT2D eigenvalue weighted by molar-refractivity contribution is 5.75. The first-order chi connectivity index (χ1) is 6.22. The van der Waals surface area contributed by atoms with E-state index in [0.717, 1.165) is 19.1 Å². The average Bonchev–Trinajstić information content (AvgIpc) is 2.13. The van der Waals surface area contributed by atoms with Gasteiger partial charge in [0.05, 0.1) is 0 Å². The molecule has 0 aliphatic rings. The zero-order chi connectivity index (χ0) is 10.5. The molecule has 6 heteroatoms. The quantitative estimate of drug-likeness (QED) is 0.143. The van der Waals surface area contributed by atoms with E-state index in [4.69, 9.17) is 5.84 Å². The lowest BCUT2D eigenvalue weighted by molar-refractivity contribution is -0.121. The first-order valence-corrected chi connectivity index (χ1v) is 4.03. The Labute approximate surface area is 78.0 Å². The molecule has 0 saturated carbocycles. The Hall–Kier alpha value is -0.980. The zero-order valence-electron chi connectivity index (χ0n) is 7.88. The number of rotatable bonds is 5. The highest BCUT2D eigenvalue weighted by Gasteiger charge is 1.95. The number of hydrogen-bond donors (Lipinski definition) is 4. The predicted molar refractivity (Wildman–Crippen MR) is 50.1 cm³/mol. The zero-order valence-corrected chi connectivity index (χ0v) is 7.88. The summed E-state index contributed by atoms with van der Waals surface area (Å²) in [5.74, 6) is 9.24. The third-order valence-electron chi connectivity index (χ3n) is 1.14. The summed E-state index contributed by atoms with van der Waals surface area (Å²) in [7, 11) is 1.65. The second-order valence-electron chi connectivity index (χ2n) is 2.27. The van der Waals surface area contributed by atoms with Crippen LogP contribution in [0.25, 0.3) is 0 Å². The molecule has 6 N–H and O–H groups in total. The minimum Gasteiger partial charge on any atom is -0.303 e. The molecule has 0 aliphatic heterocycles. The molecule has 0 saturated heterocycles. The smallest absolute Gasteiger partial charge is 0.233 e. The van der Waals surface area contributed by atoms with Crippen LogP contribution in [0.2, 0.25) is 0 Å². The van der Waals surface area contributed by atoms with E-state index in [9.17, 15) is 9.59 Å². The van der Waals surface area contributed by atoms with Crippen molar-refractivity contribution in [2.24, 2.45) is 11.7 Å². The first-order valence-electron chi connectivity index (χ1n) is 4.03. The molecule has 0 fully saturated rings. The molecule has 78 valence electrons. The third-order valence-corrected chi connectivity index (χ3v) is 1.14.